The van der Waals surface area contributed by atoms with Crippen molar-refractivity contribution in [2.45, 2.75) is 25.4 Å². The van der Waals surface area contributed by atoms with Gasteiger partial charge in [-0.1, -0.05) is 18.2 Å². The number of aromatic nitrogens is 1. The lowest BCUT2D eigenvalue weighted by Crippen LogP contribution is -2.37. The van der Waals surface area contributed by atoms with Crippen LogP contribution < -0.4 is 10.2 Å². The van der Waals surface area contributed by atoms with Gasteiger partial charge in [-0.2, -0.15) is 13.2 Å². The van der Waals surface area contributed by atoms with Crippen LogP contribution in [0.1, 0.15) is 33.6 Å². The third-order valence-corrected chi connectivity index (χ3v) is 4.43. The van der Waals surface area contributed by atoms with Crippen molar-refractivity contribution >= 4 is 17.5 Å². The minimum atomic E-state index is -4.46. The number of hydrogen-bond acceptors (Lipinski definition) is 3. The van der Waals surface area contributed by atoms with E-state index in [-0.39, 0.29) is 23.8 Å². The van der Waals surface area contributed by atoms with Crippen LogP contribution in [0.2, 0.25) is 0 Å². The lowest BCUT2D eigenvalue weighted by atomic mass is 10.0. The second-order valence-corrected chi connectivity index (χ2v) is 6.29. The van der Waals surface area contributed by atoms with Crippen LogP contribution in [0.15, 0.2) is 36.5 Å². The molecule has 0 spiro atoms. The average Bonchev–Trinajstić information content (AvgIpc) is 2.66. The summed E-state index contributed by atoms with van der Waals surface area (Å²) >= 11 is 0. The van der Waals surface area contributed by atoms with Gasteiger partial charge in [0.05, 0.1) is 28.9 Å². The van der Waals surface area contributed by atoms with Crippen LogP contribution in [-0.2, 0) is 23.8 Å². The molecule has 0 fully saturated rings. The molecule has 1 aromatic heterocycles. The molecule has 1 aliphatic rings. The van der Waals surface area contributed by atoms with Gasteiger partial charge in [-0.15, -0.1) is 0 Å². The van der Waals surface area contributed by atoms with Gasteiger partial charge >= 0.3 is 6.18 Å². The predicted molar refractivity (Wildman–Crippen MR) is 93.4 cm³/mol. The Morgan fingerprint density at radius 3 is 2.74 bits per heavy atom. The number of hydrogen-bond donors (Lipinski definition) is 1. The van der Waals surface area contributed by atoms with Crippen LogP contribution in [0.4, 0.5) is 18.9 Å². The van der Waals surface area contributed by atoms with Crippen LogP contribution in [0, 0.1) is 0 Å². The lowest BCUT2D eigenvalue weighted by molar-refractivity contribution is -0.137. The summed E-state index contributed by atoms with van der Waals surface area (Å²) < 4.78 is 38.6. The third kappa shape index (κ3) is 4.10. The Morgan fingerprint density at radius 2 is 2.04 bits per heavy atom. The summed E-state index contributed by atoms with van der Waals surface area (Å²) in [6, 6.07) is 6.36. The zero-order chi connectivity index (χ0) is 19.6. The number of nitrogens with one attached hydrogen (secondary N) is 1. The summed E-state index contributed by atoms with van der Waals surface area (Å²) in [6.07, 6.45) is -1.78. The Morgan fingerprint density at radius 1 is 1.26 bits per heavy atom. The van der Waals surface area contributed by atoms with Gasteiger partial charge in [0.25, 0.3) is 5.91 Å². The molecule has 1 aromatic carbocycles. The second-order valence-electron chi connectivity index (χ2n) is 6.29. The molecule has 8 heteroatoms. The summed E-state index contributed by atoms with van der Waals surface area (Å²) in [6.45, 7) is 0.434. The SMILES string of the molecule is CNC(=O)c1cnc2c(c1)N(C(=O)Cc1cccc(C(F)(F)F)c1)CCC2. The van der Waals surface area contributed by atoms with Crippen LogP contribution in [0.25, 0.3) is 0 Å². The maximum atomic E-state index is 12.9. The molecule has 142 valence electrons. The summed E-state index contributed by atoms with van der Waals surface area (Å²) in [5.41, 5.74) is 1.08. The van der Waals surface area contributed by atoms with Crippen molar-refractivity contribution in [3.05, 3.63) is 58.9 Å². The number of nitrogens with zero attached hydrogens (tertiary/aromatic N) is 2. The van der Waals surface area contributed by atoms with Crippen molar-refractivity contribution in [1.29, 1.82) is 0 Å². The van der Waals surface area contributed by atoms with Crippen molar-refractivity contribution in [3.63, 3.8) is 0 Å². The number of alkyl halides is 3. The first-order chi connectivity index (χ1) is 12.8. The van der Waals surface area contributed by atoms with E-state index in [1.54, 1.807) is 6.07 Å². The molecule has 27 heavy (non-hydrogen) atoms. The molecule has 5 nitrogen and oxygen atoms in total. The van der Waals surface area contributed by atoms with Gasteiger partial charge in [-0.05, 0) is 30.5 Å². The topological polar surface area (TPSA) is 62.3 Å². The molecule has 0 unspecified atom stereocenters. The highest BCUT2D eigenvalue weighted by atomic mass is 19.4. The second kappa shape index (κ2) is 7.38. The summed E-state index contributed by atoms with van der Waals surface area (Å²) in [5, 5.41) is 2.50. The predicted octanol–water partition coefficient (Wildman–Crippen LogP) is 2.98. The number of fused-ring (bicyclic) bond motifs is 1. The number of anilines is 1. The Labute approximate surface area is 154 Å². The molecule has 0 bridgehead atoms. The molecule has 2 heterocycles. The number of carbonyl (C=O) groups excluding carboxylic acids is 2. The van der Waals surface area contributed by atoms with Crippen molar-refractivity contribution in [1.82, 2.24) is 10.3 Å². The lowest BCUT2D eigenvalue weighted by Gasteiger charge is -2.29. The van der Waals surface area contributed by atoms with E-state index in [1.807, 2.05) is 0 Å². The first-order valence-electron chi connectivity index (χ1n) is 8.47. The van der Waals surface area contributed by atoms with Crippen LogP contribution in [-0.4, -0.2) is 30.4 Å². The fourth-order valence-electron chi connectivity index (χ4n) is 3.09. The van der Waals surface area contributed by atoms with E-state index in [9.17, 15) is 22.8 Å². The van der Waals surface area contributed by atoms with Crippen molar-refractivity contribution in [2.75, 3.05) is 18.5 Å². The molecule has 0 saturated heterocycles. The zero-order valence-corrected chi connectivity index (χ0v) is 14.6. The maximum absolute atomic E-state index is 12.9. The quantitative estimate of drug-likeness (QED) is 0.895. The summed E-state index contributed by atoms with van der Waals surface area (Å²) in [5.74, 6) is -0.646. The fourth-order valence-corrected chi connectivity index (χ4v) is 3.09. The molecule has 0 radical (unpaired) electrons. The smallest absolute Gasteiger partial charge is 0.355 e. The molecule has 2 amide bonds. The van der Waals surface area contributed by atoms with Crippen molar-refractivity contribution in [3.8, 4) is 0 Å². The molecular weight excluding hydrogens is 359 g/mol. The molecule has 0 saturated carbocycles. The minimum Gasteiger partial charge on any atom is -0.355 e. The van der Waals surface area contributed by atoms with Gasteiger partial charge in [0.2, 0.25) is 5.91 Å². The fraction of sp³-hybridized carbons (Fsp3) is 0.316. The first kappa shape index (κ1) is 18.9. The number of halogens is 3. The average molecular weight is 377 g/mol. The Kier molecular flexibility index (Phi) is 5.16. The Hall–Kier alpha value is -2.90. The number of amides is 2. The third-order valence-electron chi connectivity index (χ3n) is 4.43. The van der Waals surface area contributed by atoms with E-state index in [4.69, 9.17) is 0 Å². The minimum absolute atomic E-state index is 0.159. The molecule has 2 aromatic rings. The van der Waals surface area contributed by atoms with Crippen LogP contribution in [0.3, 0.4) is 0 Å². The Balaban J connectivity index is 1.86. The van der Waals surface area contributed by atoms with Gasteiger partial charge in [0.1, 0.15) is 0 Å². The molecular formula is C19H18F3N3O2. The van der Waals surface area contributed by atoms with Crippen molar-refractivity contribution < 1.29 is 22.8 Å². The molecule has 3 rings (SSSR count). The van der Waals surface area contributed by atoms with Gasteiger partial charge in [0.15, 0.2) is 0 Å². The number of aryl methyl sites for hydroxylation is 1. The highest BCUT2D eigenvalue weighted by Crippen LogP contribution is 2.30. The van der Waals surface area contributed by atoms with Gasteiger partial charge in [0, 0.05) is 19.8 Å². The number of carbonyl (C=O) groups is 2. The van der Waals surface area contributed by atoms with Crippen molar-refractivity contribution in [2.24, 2.45) is 0 Å². The molecule has 1 aliphatic heterocycles. The highest BCUT2D eigenvalue weighted by Gasteiger charge is 2.31. The maximum Gasteiger partial charge on any atom is 0.416 e. The van der Waals surface area contributed by atoms with E-state index < -0.39 is 11.7 Å². The number of pyridine rings is 1. The van der Waals surface area contributed by atoms with E-state index in [1.165, 1.54) is 30.3 Å². The number of benzene rings is 1. The van der Waals surface area contributed by atoms with Gasteiger partial charge in [-0.3, -0.25) is 14.6 Å². The van der Waals surface area contributed by atoms with E-state index in [0.29, 0.717) is 36.3 Å². The van der Waals surface area contributed by atoms with Crippen LogP contribution >= 0.6 is 0 Å². The van der Waals surface area contributed by atoms with E-state index in [0.717, 1.165) is 12.1 Å². The van der Waals surface area contributed by atoms with Gasteiger partial charge < -0.3 is 10.2 Å². The molecule has 0 atom stereocenters. The Bertz CT molecular complexity index is 881. The number of rotatable bonds is 3. The molecule has 1 N–H and O–H groups in total. The largest absolute Gasteiger partial charge is 0.416 e. The summed E-state index contributed by atoms with van der Waals surface area (Å²) in [7, 11) is 1.50. The summed E-state index contributed by atoms with van der Waals surface area (Å²) in [4.78, 5) is 30.4. The van der Waals surface area contributed by atoms with E-state index >= 15 is 0 Å². The van der Waals surface area contributed by atoms with Crippen LogP contribution in [0.5, 0.6) is 0 Å². The monoisotopic (exact) mass is 377 g/mol. The highest BCUT2D eigenvalue weighted by molar-refractivity contribution is 5.99. The van der Waals surface area contributed by atoms with Gasteiger partial charge in [-0.25, -0.2) is 0 Å². The standard InChI is InChI=1S/C19H18F3N3O2/c1-23-18(27)13-10-16-15(24-11-13)6-3-7-25(16)17(26)9-12-4-2-5-14(8-12)19(20,21)22/h2,4-5,8,10-11H,3,6-7,9H2,1H3,(H,23,27). The zero-order valence-electron chi connectivity index (χ0n) is 14.6. The molecule has 0 aliphatic carbocycles. The van der Waals surface area contributed by atoms with E-state index in [2.05, 4.69) is 10.3 Å². The normalized spacial score (nSPS) is 13.9. The first-order valence-corrected chi connectivity index (χ1v) is 8.47.